The molecule has 1 saturated carbocycles. The second-order valence-corrected chi connectivity index (χ2v) is 9.03. The van der Waals surface area contributed by atoms with Crippen LogP contribution in [0, 0.1) is 5.92 Å². The number of ether oxygens (including phenoxy) is 1. The lowest BCUT2D eigenvalue weighted by atomic mass is 9.84. The van der Waals surface area contributed by atoms with Crippen LogP contribution in [0.1, 0.15) is 64.9 Å². The Hall–Kier alpha value is -2.57. The molecule has 0 saturated heterocycles. The van der Waals surface area contributed by atoms with Crippen molar-refractivity contribution in [2.24, 2.45) is 5.92 Å². The maximum Gasteiger partial charge on any atom is 0.408 e. The van der Waals surface area contributed by atoms with Crippen molar-refractivity contribution >= 4 is 18.0 Å². The highest BCUT2D eigenvalue weighted by Crippen LogP contribution is 2.27. The summed E-state index contributed by atoms with van der Waals surface area (Å²) in [6.07, 6.45) is 5.39. The number of hydrogen-bond acceptors (Lipinski definition) is 4. The van der Waals surface area contributed by atoms with Crippen molar-refractivity contribution in [3.8, 4) is 0 Å². The van der Waals surface area contributed by atoms with Crippen LogP contribution >= 0.6 is 0 Å². The fourth-order valence-electron chi connectivity index (χ4n) is 3.76. The maximum absolute atomic E-state index is 13.0. The molecular formula is C23H34N2O5. The number of nitrogens with one attached hydrogen (secondary N) is 2. The summed E-state index contributed by atoms with van der Waals surface area (Å²) in [7, 11) is 0. The van der Waals surface area contributed by atoms with Crippen LogP contribution < -0.4 is 10.6 Å². The van der Waals surface area contributed by atoms with Gasteiger partial charge in [0.05, 0.1) is 0 Å². The minimum absolute atomic E-state index is 0.171. The number of rotatable bonds is 8. The van der Waals surface area contributed by atoms with Gasteiger partial charge in [0, 0.05) is 6.42 Å². The molecule has 0 aromatic heterocycles. The van der Waals surface area contributed by atoms with Gasteiger partial charge in [0.2, 0.25) is 5.91 Å². The van der Waals surface area contributed by atoms with Crippen molar-refractivity contribution in [2.45, 2.75) is 83.4 Å². The molecule has 1 aromatic rings. The van der Waals surface area contributed by atoms with Gasteiger partial charge in [-0.2, -0.15) is 0 Å². The lowest BCUT2D eigenvalue weighted by Gasteiger charge is -2.28. The van der Waals surface area contributed by atoms with Gasteiger partial charge in [0.1, 0.15) is 17.7 Å². The number of carbonyl (C=O) groups excluding carboxylic acids is 2. The average molecular weight is 419 g/mol. The second-order valence-electron chi connectivity index (χ2n) is 9.03. The highest BCUT2D eigenvalue weighted by molar-refractivity contribution is 5.89. The number of benzene rings is 1. The fraction of sp³-hybridized carbons (Fsp3) is 0.609. The van der Waals surface area contributed by atoms with Crippen LogP contribution in [0.25, 0.3) is 0 Å². The van der Waals surface area contributed by atoms with Crippen molar-refractivity contribution < 1.29 is 24.2 Å². The lowest BCUT2D eigenvalue weighted by Crippen LogP contribution is -2.53. The minimum Gasteiger partial charge on any atom is -0.480 e. The van der Waals surface area contributed by atoms with Crippen LogP contribution in [0.5, 0.6) is 0 Å². The van der Waals surface area contributed by atoms with Crippen molar-refractivity contribution in [3.05, 3.63) is 35.9 Å². The van der Waals surface area contributed by atoms with Crippen molar-refractivity contribution in [2.75, 3.05) is 0 Å². The zero-order valence-electron chi connectivity index (χ0n) is 18.1. The number of amides is 2. The van der Waals surface area contributed by atoms with Crippen molar-refractivity contribution in [1.82, 2.24) is 10.6 Å². The van der Waals surface area contributed by atoms with Crippen LogP contribution in [0.15, 0.2) is 30.3 Å². The number of aliphatic carboxylic acids is 1. The summed E-state index contributed by atoms with van der Waals surface area (Å²) in [4.78, 5) is 37.0. The molecule has 30 heavy (non-hydrogen) atoms. The Labute approximate surface area is 178 Å². The molecular weight excluding hydrogens is 384 g/mol. The maximum atomic E-state index is 13.0. The van der Waals surface area contributed by atoms with Gasteiger partial charge in [-0.25, -0.2) is 9.59 Å². The SMILES string of the molecule is CC(C)(C)OC(=O)N[C@@H](CC1CCCCC1)C(=O)N[C@@H](Cc1ccccc1)C(=O)O. The molecule has 166 valence electrons. The Morgan fingerprint density at radius 2 is 1.67 bits per heavy atom. The van der Waals surface area contributed by atoms with E-state index in [1.807, 2.05) is 30.3 Å². The first-order chi connectivity index (χ1) is 14.1. The van der Waals surface area contributed by atoms with Crippen molar-refractivity contribution in [1.29, 1.82) is 0 Å². The van der Waals surface area contributed by atoms with Crippen LogP contribution in [-0.2, 0) is 20.7 Å². The molecule has 2 atom stereocenters. The second kappa shape index (κ2) is 11.0. The number of carbonyl (C=O) groups is 3. The molecule has 0 heterocycles. The lowest BCUT2D eigenvalue weighted by molar-refractivity contribution is -0.142. The van der Waals surface area contributed by atoms with E-state index in [2.05, 4.69) is 10.6 Å². The smallest absolute Gasteiger partial charge is 0.408 e. The van der Waals surface area contributed by atoms with E-state index >= 15 is 0 Å². The molecule has 1 aliphatic carbocycles. The van der Waals surface area contributed by atoms with E-state index in [0.29, 0.717) is 12.3 Å². The number of carboxylic acid groups (broad SMARTS) is 1. The van der Waals surface area contributed by atoms with Gasteiger partial charge in [0.15, 0.2) is 0 Å². The predicted molar refractivity (Wildman–Crippen MR) is 114 cm³/mol. The fourth-order valence-corrected chi connectivity index (χ4v) is 3.76. The van der Waals surface area contributed by atoms with Crippen LogP contribution in [0.4, 0.5) is 4.79 Å². The van der Waals surface area contributed by atoms with Gasteiger partial charge in [-0.1, -0.05) is 62.4 Å². The van der Waals surface area contributed by atoms with Gasteiger partial charge >= 0.3 is 12.1 Å². The molecule has 0 unspecified atom stereocenters. The topological polar surface area (TPSA) is 105 Å². The number of hydrogen-bond donors (Lipinski definition) is 3. The van der Waals surface area contributed by atoms with E-state index in [1.165, 1.54) is 6.42 Å². The summed E-state index contributed by atoms with van der Waals surface area (Å²) in [5.41, 5.74) is 0.126. The summed E-state index contributed by atoms with van der Waals surface area (Å²) in [6.45, 7) is 5.26. The molecule has 7 nitrogen and oxygen atoms in total. The first kappa shape index (κ1) is 23.7. The van der Waals surface area contributed by atoms with E-state index in [-0.39, 0.29) is 6.42 Å². The highest BCUT2D eigenvalue weighted by atomic mass is 16.6. The standard InChI is InChI=1S/C23H34N2O5/c1-23(2,3)30-22(29)25-18(14-16-10-6-4-7-11-16)20(26)24-19(21(27)28)15-17-12-8-5-9-13-17/h5,8-9,12-13,16,18-19H,4,6-7,10-11,14-15H2,1-3H3,(H,24,26)(H,25,29)(H,27,28)/t18-,19-/m0/s1. The zero-order valence-corrected chi connectivity index (χ0v) is 18.1. The summed E-state index contributed by atoms with van der Waals surface area (Å²) >= 11 is 0. The summed E-state index contributed by atoms with van der Waals surface area (Å²) in [5.74, 6) is -1.28. The monoisotopic (exact) mass is 418 g/mol. The van der Waals surface area contributed by atoms with Crippen LogP contribution in [-0.4, -0.2) is 40.8 Å². The molecule has 0 spiro atoms. The van der Waals surface area contributed by atoms with Gasteiger partial charge < -0.3 is 20.5 Å². The Morgan fingerprint density at radius 1 is 1.03 bits per heavy atom. The van der Waals surface area contributed by atoms with Gasteiger partial charge in [-0.3, -0.25) is 4.79 Å². The number of alkyl carbamates (subject to hydrolysis) is 1. The number of carboxylic acids is 1. The predicted octanol–water partition coefficient (Wildman–Crippen LogP) is 3.66. The normalized spacial score (nSPS) is 16.9. The molecule has 1 aromatic carbocycles. The Morgan fingerprint density at radius 3 is 2.23 bits per heavy atom. The first-order valence-electron chi connectivity index (χ1n) is 10.7. The third-order valence-corrected chi connectivity index (χ3v) is 5.20. The molecule has 1 fully saturated rings. The zero-order chi connectivity index (χ0) is 22.1. The molecule has 3 N–H and O–H groups in total. The summed E-state index contributed by atoms with van der Waals surface area (Å²) in [5, 5.41) is 14.9. The molecule has 7 heteroatoms. The van der Waals surface area contributed by atoms with E-state index in [1.54, 1.807) is 20.8 Å². The summed E-state index contributed by atoms with van der Waals surface area (Å²) in [6, 6.07) is 7.23. The Bertz CT molecular complexity index is 708. The molecule has 1 aliphatic rings. The molecule has 2 rings (SSSR count). The van der Waals surface area contributed by atoms with E-state index < -0.39 is 35.7 Å². The largest absolute Gasteiger partial charge is 0.480 e. The Balaban J connectivity index is 2.08. The Kier molecular flexibility index (Phi) is 8.69. The quantitative estimate of drug-likeness (QED) is 0.598. The van der Waals surface area contributed by atoms with E-state index in [4.69, 9.17) is 4.74 Å². The third-order valence-electron chi connectivity index (χ3n) is 5.20. The minimum atomic E-state index is -1.11. The van der Waals surface area contributed by atoms with E-state index in [0.717, 1.165) is 31.2 Å². The first-order valence-corrected chi connectivity index (χ1v) is 10.7. The van der Waals surface area contributed by atoms with Gasteiger partial charge in [-0.05, 0) is 38.7 Å². The van der Waals surface area contributed by atoms with Crippen LogP contribution in [0.2, 0.25) is 0 Å². The van der Waals surface area contributed by atoms with E-state index in [9.17, 15) is 19.5 Å². The molecule has 2 amide bonds. The summed E-state index contributed by atoms with van der Waals surface area (Å²) < 4.78 is 5.31. The van der Waals surface area contributed by atoms with Gasteiger partial charge in [-0.15, -0.1) is 0 Å². The molecule has 0 aliphatic heterocycles. The van der Waals surface area contributed by atoms with Crippen molar-refractivity contribution in [3.63, 3.8) is 0 Å². The highest BCUT2D eigenvalue weighted by Gasteiger charge is 2.30. The average Bonchev–Trinajstić information content (AvgIpc) is 2.67. The van der Waals surface area contributed by atoms with Crippen LogP contribution in [0.3, 0.4) is 0 Å². The molecule has 0 bridgehead atoms. The third kappa shape index (κ3) is 8.43. The molecule has 0 radical (unpaired) electrons. The van der Waals surface area contributed by atoms with Gasteiger partial charge in [0.25, 0.3) is 0 Å².